The average molecular weight is 168 g/mol. The van der Waals surface area contributed by atoms with E-state index in [-0.39, 0.29) is 6.10 Å². The Bertz CT molecular complexity index is 159. The van der Waals surface area contributed by atoms with E-state index in [4.69, 9.17) is 4.74 Å². The van der Waals surface area contributed by atoms with Crippen LogP contribution in [0.15, 0.2) is 24.3 Å². The first-order valence-electron chi connectivity index (χ1n) is 4.19. The lowest BCUT2D eigenvalue weighted by Crippen LogP contribution is -2.07. The Kier molecular flexibility index (Phi) is 7.60. The highest BCUT2D eigenvalue weighted by molar-refractivity contribution is 5.64. The second-order valence-corrected chi connectivity index (χ2v) is 2.32. The molecule has 0 radical (unpaired) electrons. The Hall–Kier alpha value is -0.890. The second-order valence-electron chi connectivity index (χ2n) is 2.32. The zero-order valence-corrected chi connectivity index (χ0v) is 7.69. The van der Waals surface area contributed by atoms with Crippen LogP contribution in [0.5, 0.6) is 0 Å². The minimum absolute atomic E-state index is 0.108. The number of aldehydes is 1. The van der Waals surface area contributed by atoms with Crippen molar-refractivity contribution in [2.75, 3.05) is 6.61 Å². The van der Waals surface area contributed by atoms with Crippen molar-refractivity contribution in [1.29, 1.82) is 0 Å². The van der Waals surface area contributed by atoms with Crippen LogP contribution in [0.3, 0.4) is 0 Å². The van der Waals surface area contributed by atoms with Gasteiger partial charge in [-0.3, -0.25) is 4.79 Å². The predicted molar refractivity (Wildman–Crippen MR) is 50.0 cm³/mol. The molecule has 68 valence electrons. The highest BCUT2D eigenvalue weighted by Crippen LogP contribution is 2.01. The van der Waals surface area contributed by atoms with Crippen LogP contribution in [0.25, 0.3) is 0 Å². The van der Waals surface area contributed by atoms with E-state index in [1.54, 1.807) is 0 Å². The van der Waals surface area contributed by atoms with E-state index in [1.165, 1.54) is 6.08 Å². The van der Waals surface area contributed by atoms with Crippen molar-refractivity contribution in [2.45, 2.75) is 26.4 Å². The average Bonchev–Trinajstić information content (AvgIpc) is 2.06. The third-order valence-corrected chi connectivity index (χ3v) is 1.37. The molecule has 0 aliphatic heterocycles. The molecule has 1 atom stereocenters. The zero-order chi connectivity index (χ0) is 9.23. The van der Waals surface area contributed by atoms with Crippen molar-refractivity contribution in [1.82, 2.24) is 0 Å². The molecule has 0 saturated heterocycles. The first kappa shape index (κ1) is 11.1. The van der Waals surface area contributed by atoms with Crippen molar-refractivity contribution in [3.8, 4) is 0 Å². The Labute approximate surface area is 73.9 Å². The fraction of sp³-hybridized carbons (Fsp3) is 0.500. The molecule has 0 amide bonds. The quantitative estimate of drug-likeness (QED) is 0.345. The van der Waals surface area contributed by atoms with Crippen LogP contribution in [-0.2, 0) is 9.53 Å². The van der Waals surface area contributed by atoms with E-state index in [1.807, 2.05) is 32.1 Å². The predicted octanol–water partition coefficient (Wildman–Crippen LogP) is 2.11. The summed E-state index contributed by atoms with van der Waals surface area (Å²) in [5.41, 5.74) is 0. The molecule has 0 aromatic carbocycles. The van der Waals surface area contributed by atoms with E-state index in [0.717, 1.165) is 12.7 Å². The summed E-state index contributed by atoms with van der Waals surface area (Å²) in [6.45, 7) is 4.61. The summed E-state index contributed by atoms with van der Waals surface area (Å²) < 4.78 is 5.37. The fourth-order valence-corrected chi connectivity index (χ4v) is 0.899. The van der Waals surface area contributed by atoms with Crippen LogP contribution in [0, 0.1) is 0 Å². The molecule has 0 aliphatic carbocycles. The van der Waals surface area contributed by atoms with Gasteiger partial charge in [0.15, 0.2) is 0 Å². The smallest absolute Gasteiger partial charge is 0.142 e. The van der Waals surface area contributed by atoms with Gasteiger partial charge < -0.3 is 4.74 Å². The van der Waals surface area contributed by atoms with Crippen LogP contribution in [0.1, 0.15) is 20.3 Å². The summed E-state index contributed by atoms with van der Waals surface area (Å²) in [5.74, 6) is 0. The number of carbonyl (C=O) groups is 1. The lowest BCUT2D eigenvalue weighted by molar-refractivity contribution is -0.104. The summed E-state index contributed by atoms with van der Waals surface area (Å²) in [6.07, 6.45) is 8.89. The number of allylic oxidation sites excluding steroid dienone is 2. The molecule has 0 fully saturated rings. The van der Waals surface area contributed by atoms with Crippen LogP contribution in [-0.4, -0.2) is 19.0 Å². The van der Waals surface area contributed by atoms with Gasteiger partial charge in [0.25, 0.3) is 0 Å². The van der Waals surface area contributed by atoms with Crippen molar-refractivity contribution < 1.29 is 9.53 Å². The van der Waals surface area contributed by atoms with Gasteiger partial charge in [0, 0.05) is 6.61 Å². The van der Waals surface area contributed by atoms with Gasteiger partial charge in [-0.25, -0.2) is 0 Å². The highest BCUT2D eigenvalue weighted by Gasteiger charge is 1.98. The Balaban J connectivity index is 3.77. The summed E-state index contributed by atoms with van der Waals surface area (Å²) in [5, 5.41) is 0. The topological polar surface area (TPSA) is 26.3 Å². The van der Waals surface area contributed by atoms with E-state index in [2.05, 4.69) is 0 Å². The number of ether oxygens (including phenoxy) is 1. The molecule has 1 unspecified atom stereocenters. The first-order valence-corrected chi connectivity index (χ1v) is 4.19. The molecule has 0 spiro atoms. The number of rotatable bonds is 6. The summed E-state index contributed by atoms with van der Waals surface area (Å²) in [6, 6.07) is 0. The molecule has 0 aliphatic rings. The van der Waals surface area contributed by atoms with Gasteiger partial charge in [0.05, 0.1) is 6.10 Å². The van der Waals surface area contributed by atoms with Crippen molar-refractivity contribution >= 4 is 6.29 Å². The molecule has 0 heterocycles. The summed E-state index contributed by atoms with van der Waals surface area (Å²) >= 11 is 0. The number of carbonyl (C=O) groups excluding carboxylic acids is 1. The number of hydrogen-bond donors (Lipinski definition) is 0. The first-order chi connectivity index (χ1) is 5.85. The molecular weight excluding hydrogens is 152 g/mol. The molecule has 2 nitrogen and oxygen atoms in total. The molecule has 0 rings (SSSR count). The maximum atomic E-state index is 9.96. The fourth-order valence-electron chi connectivity index (χ4n) is 0.899. The Morgan fingerprint density at radius 1 is 1.50 bits per heavy atom. The maximum absolute atomic E-state index is 9.96. The molecule has 12 heavy (non-hydrogen) atoms. The Morgan fingerprint density at radius 2 is 2.25 bits per heavy atom. The van der Waals surface area contributed by atoms with Crippen LogP contribution >= 0.6 is 0 Å². The molecule has 2 heteroatoms. The summed E-state index contributed by atoms with van der Waals surface area (Å²) in [7, 11) is 0. The minimum atomic E-state index is 0.108. The monoisotopic (exact) mass is 168 g/mol. The molecular formula is C10H16O2. The SMILES string of the molecule is CC=CC(CC=CC=O)OCC. The zero-order valence-electron chi connectivity index (χ0n) is 7.69. The maximum Gasteiger partial charge on any atom is 0.142 e. The largest absolute Gasteiger partial charge is 0.374 e. The van der Waals surface area contributed by atoms with Crippen LogP contribution in [0.2, 0.25) is 0 Å². The number of hydrogen-bond acceptors (Lipinski definition) is 2. The van der Waals surface area contributed by atoms with Gasteiger partial charge >= 0.3 is 0 Å². The van der Waals surface area contributed by atoms with Gasteiger partial charge in [-0.15, -0.1) is 0 Å². The van der Waals surface area contributed by atoms with Crippen LogP contribution < -0.4 is 0 Å². The molecule has 0 bridgehead atoms. The van der Waals surface area contributed by atoms with Gasteiger partial charge in [0.2, 0.25) is 0 Å². The van der Waals surface area contributed by atoms with Crippen LogP contribution in [0.4, 0.5) is 0 Å². The standard InChI is InChI=1S/C10H16O2/c1-3-7-10(12-4-2)8-5-6-9-11/h3,5-7,9-10H,4,8H2,1-2H3. The Morgan fingerprint density at radius 3 is 2.75 bits per heavy atom. The van der Waals surface area contributed by atoms with Gasteiger partial charge in [-0.2, -0.15) is 0 Å². The molecule has 0 N–H and O–H groups in total. The summed E-state index contributed by atoms with van der Waals surface area (Å²) in [4.78, 5) is 9.96. The van der Waals surface area contributed by atoms with Crippen molar-refractivity contribution in [3.63, 3.8) is 0 Å². The van der Waals surface area contributed by atoms with E-state index in [9.17, 15) is 4.79 Å². The van der Waals surface area contributed by atoms with Crippen molar-refractivity contribution in [3.05, 3.63) is 24.3 Å². The van der Waals surface area contributed by atoms with Crippen molar-refractivity contribution in [2.24, 2.45) is 0 Å². The molecule has 0 aromatic rings. The van der Waals surface area contributed by atoms with E-state index < -0.39 is 0 Å². The molecule has 0 aromatic heterocycles. The third kappa shape index (κ3) is 5.86. The van der Waals surface area contributed by atoms with Gasteiger partial charge in [-0.1, -0.05) is 18.2 Å². The minimum Gasteiger partial charge on any atom is -0.374 e. The lowest BCUT2D eigenvalue weighted by atomic mass is 10.2. The van der Waals surface area contributed by atoms with E-state index >= 15 is 0 Å². The van der Waals surface area contributed by atoms with Gasteiger partial charge in [0.1, 0.15) is 6.29 Å². The lowest BCUT2D eigenvalue weighted by Gasteiger charge is -2.09. The normalized spacial score (nSPS) is 14.2. The third-order valence-electron chi connectivity index (χ3n) is 1.37. The van der Waals surface area contributed by atoms with Gasteiger partial charge in [-0.05, 0) is 26.3 Å². The second kappa shape index (κ2) is 8.21. The molecule has 0 saturated carbocycles. The highest BCUT2D eigenvalue weighted by atomic mass is 16.5. The van der Waals surface area contributed by atoms with E-state index in [0.29, 0.717) is 6.61 Å².